The summed E-state index contributed by atoms with van der Waals surface area (Å²) in [4.78, 5) is 27.4. The van der Waals surface area contributed by atoms with E-state index in [9.17, 15) is 9.59 Å². The van der Waals surface area contributed by atoms with Gasteiger partial charge in [0, 0.05) is 17.4 Å². The van der Waals surface area contributed by atoms with Crippen LogP contribution in [0.15, 0.2) is 48.7 Å². The molecule has 1 aromatic heterocycles. The van der Waals surface area contributed by atoms with E-state index in [4.69, 9.17) is 0 Å². The Morgan fingerprint density at radius 1 is 1.14 bits per heavy atom. The zero-order valence-corrected chi connectivity index (χ0v) is 12.0. The van der Waals surface area contributed by atoms with Gasteiger partial charge in [-0.25, -0.2) is 4.79 Å². The van der Waals surface area contributed by atoms with Gasteiger partial charge in [-0.1, -0.05) is 18.2 Å². The lowest BCUT2D eigenvalue weighted by Crippen LogP contribution is -2.31. The Morgan fingerprint density at radius 2 is 1.95 bits per heavy atom. The fourth-order valence-electron chi connectivity index (χ4n) is 1.89. The molecule has 0 fully saturated rings. The van der Waals surface area contributed by atoms with Crippen LogP contribution in [0.1, 0.15) is 35.9 Å². The number of Topliss-reactive ketones (excluding diaryl/α,β-unsaturated/α-hetero) is 1. The summed E-state index contributed by atoms with van der Waals surface area (Å²) in [6.07, 6.45) is 1.68. The van der Waals surface area contributed by atoms with Crippen molar-refractivity contribution in [3.05, 3.63) is 59.9 Å². The lowest BCUT2D eigenvalue weighted by molar-refractivity contribution is 0.101. The largest absolute Gasteiger partial charge is 0.330 e. The number of anilines is 1. The SMILES string of the molecule is CC(=O)c1cccc(NC(=O)N[C@H](C)c2ccccn2)c1. The van der Waals surface area contributed by atoms with E-state index in [1.807, 2.05) is 25.1 Å². The Hall–Kier alpha value is -2.69. The van der Waals surface area contributed by atoms with Gasteiger partial charge < -0.3 is 10.6 Å². The van der Waals surface area contributed by atoms with Gasteiger partial charge in [0.1, 0.15) is 0 Å². The van der Waals surface area contributed by atoms with Crippen LogP contribution < -0.4 is 10.6 Å². The van der Waals surface area contributed by atoms with Crippen molar-refractivity contribution in [2.24, 2.45) is 0 Å². The molecule has 5 nitrogen and oxygen atoms in total. The van der Waals surface area contributed by atoms with Gasteiger partial charge >= 0.3 is 6.03 Å². The molecule has 0 saturated carbocycles. The predicted molar refractivity (Wildman–Crippen MR) is 81.3 cm³/mol. The molecule has 0 aliphatic heterocycles. The van der Waals surface area contributed by atoms with Crippen LogP contribution in [0.25, 0.3) is 0 Å². The van der Waals surface area contributed by atoms with Gasteiger partial charge in [0.25, 0.3) is 0 Å². The van der Waals surface area contributed by atoms with Crippen LogP contribution in [-0.2, 0) is 0 Å². The Morgan fingerprint density at radius 3 is 2.62 bits per heavy atom. The molecule has 0 bridgehead atoms. The zero-order valence-electron chi connectivity index (χ0n) is 12.0. The summed E-state index contributed by atoms with van der Waals surface area (Å²) in [5.41, 5.74) is 1.92. The van der Waals surface area contributed by atoms with Gasteiger partial charge in [-0.2, -0.15) is 0 Å². The minimum absolute atomic E-state index is 0.0408. The van der Waals surface area contributed by atoms with E-state index < -0.39 is 0 Å². The number of nitrogens with one attached hydrogen (secondary N) is 2. The summed E-state index contributed by atoms with van der Waals surface area (Å²) in [5, 5.41) is 5.50. The van der Waals surface area contributed by atoms with Crippen molar-refractivity contribution in [1.82, 2.24) is 10.3 Å². The molecule has 1 heterocycles. The first kappa shape index (κ1) is 14.7. The summed E-state index contributed by atoms with van der Waals surface area (Å²) >= 11 is 0. The molecule has 0 saturated heterocycles. The quantitative estimate of drug-likeness (QED) is 0.847. The summed E-state index contributed by atoms with van der Waals surface area (Å²) in [7, 11) is 0. The maximum atomic E-state index is 11.9. The van der Waals surface area contributed by atoms with Gasteiger partial charge in [0.15, 0.2) is 5.78 Å². The number of aromatic nitrogens is 1. The number of hydrogen-bond donors (Lipinski definition) is 2. The van der Waals surface area contributed by atoms with Gasteiger partial charge in [-0.3, -0.25) is 9.78 Å². The highest BCUT2D eigenvalue weighted by molar-refractivity contribution is 5.96. The maximum absolute atomic E-state index is 11.9. The Labute approximate surface area is 123 Å². The first-order chi connectivity index (χ1) is 10.1. The van der Waals surface area contributed by atoms with E-state index in [2.05, 4.69) is 15.6 Å². The highest BCUT2D eigenvalue weighted by atomic mass is 16.2. The number of benzene rings is 1. The second kappa shape index (κ2) is 6.65. The lowest BCUT2D eigenvalue weighted by Gasteiger charge is -2.14. The molecular formula is C16H17N3O2. The van der Waals surface area contributed by atoms with Crippen molar-refractivity contribution in [2.45, 2.75) is 19.9 Å². The molecule has 2 rings (SSSR count). The molecule has 1 atom stereocenters. The molecule has 0 spiro atoms. The van der Waals surface area contributed by atoms with E-state index in [1.165, 1.54) is 6.92 Å². The lowest BCUT2D eigenvalue weighted by atomic mass is 10.1. The average molecular weight is 283 g/mol. The molecule has 0 radical (unpaired) electrons. The molecule has 2 amide bonds. The van der Waals surface area contributed by atoms with Crippen LogP contribution in [-0.4, -0.2) is 16.8 Å². The number of rotatable bonds is 4. The molecule has 0 aliphatic rings. The van der Waals surface area contributed by atoms with E-state index in [-0.39, 0.29) is 17.9 Å². The van der Waals surface area contributed by atoms with Crippen LogP contribution in [0.5, 0.6) is 0 Å². The minimum Gasteiger partial charge on any atom is -0.330 e. The van der Waals surface area contributed by atoms with Crippen molar-refractivity contribution < 1.29 is 9.59 Å². The smallest absolute Gasteiger partial charge is 0.319 e. The van der Waals surface area contributed by atoms with Crippen LogP contribution in [0.4, 0.5) is 10.5 Å². The highest BCUT2D eigenvalue weighted by Crippen LogP contribution is 2.12. The molecular weight excluding hydrogens is 266 g/mol. The molecule has 0 aliphatic carbocycles. The second-order valence-corrected chi connectivity index (χ2v) is 4.71. The monoisotopic (exact) mass is 283 g/mol. The Balaban J connectivity index is 1.99. The van der Waals surface area contributed by atoms with Crippen molar-refractivity contribution in [1.29, 1.82) is 0 Å². The van der Waals surface area contributed by atoms with Gasteiger partial charge in [-0.15, -0.1) is 0 Å². The standard InChI is InChI=1S/C16H17N3O2/c1-11(15-8-3-4-9-17-15)18-16(21)19-14-7-5-6-13(10-14)12(2)20/h3-11H,1-2H3,(H2,18,19,21)/t11-/m1/s1. The van der Waals surface area contributed by atoms with Crippen LogP contribution in [0.3, 0.4) is 0 Å². The summed E-state index contributed by atoms with van der Waals surface area (Å²) in [6, 6.07) is 11.8. The summed E-state index contributed by atoms with van der Waals surface area (Å²) in [5.74, 6) is -0.0408. The Kier molecular flexibility index (Phi) is 4.66. The van der Waals surface area contributed by atoms with Crippen LogP contribution in [0.2, 0.25) is 0 Å². The normalized spacial score (nSPS) is 11.5. The van der Waals surface area contributed by atoms with E-state index >= 15 is 0 Å². The number of pyridine rings is 1. The third kappa shape index (κ3) is 4.14. The molecule has 108 valence electrons. The fraction of sp³-hybridized carbons (Fsp3) is 0.188. The third-order valence-corrected chi connectivity index (χ3v) is 3.01. The van der Waals surface area contributed by atoms with Crippen LogP contribution >= 0.6 is 0 Å². The van der Waals surface area contributed by atoms with Crippen molar-refractivity contribution in [2.75, 3.05) is 5.32 Å². The topological polar surface area (TPSA) is 71.1 Å². The van der Waals surface area contributed by atoms with Gasteiger partial charge in [-0.05, 0) is 38.1 Å². The minimum atomic E-state index is -0.339. The number of carbonyl (C=O) groups excluding carboxylic acids is 2. The molecule has 1 aromatic carbocycles. The van der Waals surface area contributed by atoms with Gasteiger partial charge in [0.05, 0.1) is 11.7 Å². The number of carbonyl (C=O) groups is 2. The van der Waals surface area contributed by atoms with E-state index in [0.29, 0.717) is 11.3 Å². The highest BCUT2D eigenvalue weighted by Gasteiger charge is 2.10. The molecule has 5 heteroatoms. The van der Waals surface area contributed by atoms with Crippen LogP contribution in [0, 0.1) is 0 Å². The predicted octanol–water partition coefficient (Wildman–Crippen LogP) is 3.17. The van der Waals surface area contributed by atoms with Crippen molar-refractivity contribution >= 4 is 17.5 Å². The summed E-state index contributed by atoms with van der Waals surface area (Å²) in [6.45, 7) is 3.34. The van der Waals surface area contributed by atoms with Crippen molar-refractivity contribution in [3.63, 3.8) is 0 Å². The fourth-order valence-corrected chi connectivity index (χ4v) is 1.89. The van der Waals surface area contributed by atoms with Gasteiger partial charge in [0.2, 0.25) is 0 Å². The molecule has 2 aromatic rings. The van der Waals surface area contributed by atoms with Crippen molar-refractivity contribution in [3.8, 4) is 0 Å². The van der Waals surface area contributed by atoms with E-state index in [1.54, 1.807) is 30.5 Å². The third-order valence-electron chi connectivity index (χ3n) is 3.01. The number of nitrogens with zero attached hydrogens (tertiary/aromatic N) is 1. The number of ketones is 1. The first-order valence-electron chi connectivity index (χ1n) is 6.65. The number of hydrogen-bond acceptors (Lipinski definition) is 3. The molecule has 2 N–H and O–H groups in total. The molecule has 0 unspecified atom stereocenters. The zero-order chi connectivity index (χ0) is 15.2. The maximum Gasteiger partial charge on any atom is 0.319 e. The second-order valence-electron chi connectivity index (χ2n) is 4.71. The average Bonchev–Trinajstić information content (AvgIpc) is 2.48. The summed E-state index contributed by atoms with van der Waals surface area (Å²) < 4.78 is 0. The Bertz CT molecular complexity index is 641. The van der Waals surface area contributed by atoms with E-state index in [0.717, 1.165) is 5.69 Å². The first-order valence-corrected chi connectivity index (χ1v) is 6.65. The number of urea groups is 1. The number of amides is 2. The molecule has 21 heavy (non-hydrogen) atoms.